The zero-order valence-corrected chi connectivity index (χ0v) is 20.4. The average Bonchev–Trinajstić information content (AvgIpc) is 2.75. The van der Waals surface area contributed by atoms with E-state index >= 15 is 0 Å². The highest BCUT2D eigenvalue weighted by Gasteiger charge is 2.22. The molecule has 0 amide bonds. The minimum Gasteiger partial charge on any atom is -0.462 e. The van der Waals surface area contributed by atoms with Gasteiger partial charge in [-0.1, -0.05) is 91.9 Å². The molecule has 30 heavy (non-hydrogen) atoms. The van der Waals surface area contributed by atoms with Gasteiger partial charge >= 0.3 is 11.9 Å². The second-order valence-corrected chi connectivity index (χ2v) is 8.26. The Balaban J connectivity index is 5.07. The van der Waals surface area contributed by atoms with Crippen LogP contribution in [-0.2, 0) is 19.1 Å². The minimum atomic E-state index is -0.323. The van der Waals surface area contributed by atoms with Crippen LogP contribution in [0.3, 0.4) is 0 Å². The number of esters is 2. The van der Waals surface area contributed by atoms with E-state index in [0.29, 0.717) is 37.2 Å². The first-order chi connectivity index (χ1) is 14.6. The number of ether oxygens (including phenoxy) is 2. The molecule has 0 aliphatic carbocycles. The third kappa shape index (κ3) is 14.6. The predicted octanol–water partition coefficient (Wildman–Crippen LogP) is 7.69. The molecular weight excluding hydrogens is 376 g/mol. The van der Waals surface area contributed by atoms with Gasteiger partial charge in [-0.15, -0.1) is 0 Å². The highest BCUT2D eigenvalue weighted by Crippen LogP contribution is 2.23. The Labute approximate surface area is 186 Å². The van der Waals surface area contributed by atoms with Crippen LogP contribution >= 0.6 is 0 Å². The average molecular weight is 425 g/mol. The lowest BCUT2D eigenvalue weighted by atomic mass is 9.96. The van der Waals surface area contributed by atoms with E-state index in [4.69, 9.17) is 9.47 Å². The predicted molar refractivity (Wildman–Crippen MR) is 126 cm³/mol. The molecule has 0 bridgehead atoms. The summed E-state index contributed by atoms with van der Waals surface area (Å²) in [4.78, 5) is 25.5. The van der Waals surface area contributed by atoms with Crippen molar-refractivity contribution >= 4 is 11.9 Å². The second kappa shape index (κ2) is 20.9. The van der Waals surface area contributed by atoms with E-state index in [1.807, 2.05) is 13.8 Å². The number of unbranched alkanes of at least 4 members (excludes halogenated alkanes) is 10. The van der Waals surface area contributed by atoms with Gasteiger partial charge in [-0.25, -0.2) is 9.59 Å². The van der Waals surface area contributed by atoms with E-state index in [1.165, 1.54) is 38.5 Å². The molecule has 176 valence electrons. The van der Waals surface area contributed by atoms with E-state index < -0.39 is 0 Å². The van der Waals surface area contributed by atoms with Crippen molar-refractivity contribution in [3.8, 4) is 0 Å². The second-order valence-electron chi connectivity index (χ2n) is 8.26. The Kier molecular flexibility index (Phi) is 20.0. The zero-order valence-electron chi connectivity index (χ0n) is 20.4. The molecule has 4 heteroatoms. The van der Waals surface area contributed by atoms with Crippen molar-refractivity contribution in [2.45, 2.75) is 130 Å². The molecule has 0 N–H and O–H groups in total. The fourth-order valence-electron chi connectivity index (χ4n) is 3.48. The van der Waals surface area contributed by atoms with Crippen LogP contribution < -0.4 is 0 Å². The normalized spacial score (nSPS) is 11.9. The zero-order chi connectivity index (χ0) is 22.5. The van der Waals surface area contributed by atoms with Crippen molar-refractivity contribution in [2.75, 3.05) is 13.2 Å². The van der Waals surface area contributed by atoms with Crippen molar-refractivity contribution < 1.29 is 19.1 Å². The first-order valence-corrected chi connectivity index (χ1v) is 12.7. The first kappa shape index (κ1) is 28.7. The molecule has 0 spiro atoms. The van der Waals surface area contributed by atoms with Crippen LogP contribution in [-0.4, -0.2) is 25.2 Å². The number of hydrogen-bond donors (Lipinski definition) is 0. The maximum atomic E-state index is 12.8. The Bertz CT molecular complexity index is 468. The van der Waals surface area contributed by atoms with Gasteiger partial charge in [-0.05, 0) is 38.5 Å². The molecule has 0 aliphatic heterocycles. The number of carbonyl (C=O) groups is 2. The molecule has 0 radical (unpaired) electrons. The molecule has 4 nitrogen and oxygen atoms in total. The van der Waals surface area contributed by atoms with Crippen molar-refractivity contribution in [2.24, 2.45) is 0 Å². The molecule has 0 unspecified atom stereocenters. The van der Waals surface area contributed by atoms with Crippen LogP contribution in [0.1, 0.15) is 130 Å². The van der Waals surface area contributed by atoms with E-state index in [-0.39, 0.29) is 11.9 Å². The van der Waals surface area contributed by atoms with Crippen LogP contribution in [0.15, 0.2) is 11.1 Å². The molecule has 0 fully saturated rings. The molecule has 0 atom stereocenters. The van der Waals surface area contributed by atoms with Gasteiger partial charge in [0.2, 0.25) is 0 Å². The third-order valence-corrected chi connectivity index (χ3v) is 5.29. The molecule has 0 aliphatic rings. The molecule has 0 rings (SSSR count). The summed E-state index contributed by atoms with van der Waals surface area (Å²) in [6.07, 6.45) is 16.7. The van der Waals surface area contributed by atoms with Crippen LogP contribution in [0.5, 0.6) is 0 Å². The van der Waals surface area contributed by atoms with Crippen molar-refractivity contribution in [1.82, 2.24) is 0 Å². The minimum absolute atomic E-state index is 0.321. The largest absolute Gasteiger partial charge is 0.462 e. The Morgan fingerprint density at radius 3 is 1.17 bits per heavy atom. The number of rotatable bonds is 20. The van der Waals surface area contributed by atoms with Gasteiger partial charge in [0.1, 0.15) is 0 Å². The van der Waals surface area contributed by atoms with E-state index in [9.17, 15) is 9.59 Å². The van der Waals surface area contributed by atoms with Crippen LogP contribution in [0.4, 0.5) is 0 Å². The monoisotopic (exact) mass is 424 g/mol. The van der Waals surface area contributed by atoms with Crippen LogP contribution in [0.2, 0.25) is 0 Å². The third-order valence-electron chi connectivity index (χ3n) is 5.29. The van der Waals surface area contributed by atoms with Crippen LogP contribution in [0, 0.1) is 0 Å². The van der Waals surface area contributed by atoms with Gasteiger partial charge in [-0.3, -0.25) is 0 Å². The summed E-state index contributed by atoms with van der Waals surface area (Å²) in [6, 6.07) is 0. The van der Waals surface area contributed by atoms with Gasteiger partial charge in [0.15, 0.2) is 0 Å². The summed E-state index contributed by atoms with van der Waals surface area (Å²) >= 11 is 0. The standard InChI is InChI=1S/C26H48O4/c1-5-9-11-13-14-15-16-18-20-24(26(28)30-22-8-4)23(19-17-12-10-6-2)25(27)29-21-7-3/h5-22H2,1-4H3. The summed E-state index contributed by atoms with van der Waals surface area (Å²) in [5.41, 5.74) is 1.12. The molecule has 0 aromatic heterocycles. The Morgan fingerprint density at radius 2 is 0.800 bits per heavy atom. The summed E-state index contributed by atoms with van der Waals surface area (Å²) in [5.74, 6) is -0.643. The maximum Gasteiger partial charge on any atom is 0.334 e. The molecule has 0 saturated carbocycles. The van der Waals surface area contributed by atoms with Crippen molar-refractivity contribution in [3.05, 3.63) is 11.1 Å². The molecule has 0 heterocycles. The smallest absolute Gasteiger partial charge is 0.334 e. The summed E-state index contributed by atoms with van der Waals surface area (Å²) in [5, 5.41) is 0. The van der Waals surface area contributed by atoms with Gasteiger partial charge in [0, 0.05) is 11.1 Å². The lowest BCUT2D eigenvalue weighted by Crippen LogP contribution is -2.18. The SMILES string of the molecule is CCCCCCCCCCC(C(=O)OCCC)=C(CCCCCC)C(=O)OCCC. The fraction of sp³-hybridized carbons (Fsp3) is 0.846. The van der Waals surface area contributed by atoms with Gasteiger partial charge in [0.05, 0.1) is 13.2 Å². The highest BCUT2D eigenvalue weighted by molar-refractivity contribution is 6.00. The highest BCUT2D eigenvalue weighted by atomic mass is 16.5. The topological polar surface area (TPSA) is 52.6 Å². The fourth-order valence-corrected chi connectivity index (χ4v) is 3.48. The Morgan fingerprint density at radius 1 is 0.467 bits per heavy atom. The lowest BCUT2D eigenvalue weighted by molar-refractivity contribution is -0.142. The number of carbonyl (C=O) groups excluding carboxylic acids is 2. The summed E-state index contributed by atoms with van der Waals surface area (Å²) in [7, 11) is 0. The molecule has 0 aromatic carbocycles. The van der Waals surface area contributed by atoms with Crippen molar-refractivity contribution in [1.29, 1.82) is 0 Å². The van der Waals surface area contributed by atoms with Gasteiger partial charge < -0.3 is 9.47 Å². The van der Waals surface area contributed by atoms with Crippen LogP contribution in [0.25, 0.3) is 0 Å². The summed E-state index contributed by atoms with van der Waals surface area (Å²) in [6.45, 7) is 9.16. The van der Waals surface area contributed by atoms with E-state index in [1.54, 1.807) is 0 Å². The first-order valence-electron chi connectivity index (χ1n) is 12.7. The van der Waals surface area contributed by atoms with Gasteiger partial charge in [-0.2, -0.15) is 0 Å². The van der Waals surface area contributed by atoms with E-state index in [0.717, 1.165) is 51.4 Å². The number of hydrogen-bond acceptors (Lipinski definition) is 4. The molecular formula is C26H48O4. The lowest BCUT2D eigenvalue weighted by Gasteiger charge is -2.15. The Hall–Kier alpha value is -1.32. The maximum absolute atomic E-state index is 12.8. The summed E-state index contributed by atoms with van der Waals surface area (Å²) < 4.78 is 10.9. The molecule has 0 saturated heterocycles. The van der Waals surface area contributed by atoms with Crippen molar-refractivity contribution in [3.63, 3.8) is 0 Å². The molecule has 0 aromatic rings. The van der Waals surface area contributed by atoms with Gasteiger partial charge in [0.25, 0.3) is 0 Å². The quantitative estimate of drug-likeness (QED) is 0.114. The van der Waals surface area contributed by atoms with E-state index in [2.05, 4.69) is 13.8 Å².